The second kappa shape index (κ2) is 7.60. The summed E-state index contributed by atoms with van der Waals surface area (Å²) in [6.07, 6.45) is -0.937. The van der Waals surface area contributed by atoms with Crippen LogP contribution in [0.5, 0.6) is 5.75 Å². The van der Waals surface area contributed by atoms with Crippen molar-refractivity contribution < 1.29 is 14.6 Å². The molecule has 24 heavy (non-hydrogen) atoms. The number of carbonyl (C=O) groups is 1. The molecule has 0 fully saturated rings. The third-order valence-electron chi connectivity index (χ3n) is 3.34. The largest absolute Gasteiger partial charge is 0.494 e. The summed E-state index contributed by atoms with van der Waals surface area (Å²) in [6.45, 7) is 2.36. The van der Waals surface area contributed by atoms with Gasteiger partial charge < -0.3 is 19.7 Å². The van der Waals surface area contributed by atoms with Gasteiger partial charge in [-0.1, -0.05) is 12.1 Å². The summed E-state index contributed by atoms with van der Waals surface area (Å²) in [6, 6.07) is 7.94. The van der Waals surface area contributed by atoms with Crippen molar-refractivity contribution in [2.24, 2.45) is 0 Å². The van der Waals surface area contributed by atoms with Crippen LogP contribution in [0.4, 0.5) is 0 Å². The van der Waals surface area contributed by atoms with Gasteiger partial charge in [-0.05, 0) is 24.6 Å². The van der Waals surface area contributed by atoms with Crippen molar-refractivity contribution in [3.8, 4) is 5.75 Å². The molecule has 3 N–H and O–H groups in total. The van der Waals surface area contributed by atoms with Crippen LogP contribution in [0, 0.1) is 0 Å². The van der Waals surface area contributed by atoms with Crippen LogP contribution < -0.4 is 16.0 Å². The molecule has 1 aromatic carbocycles. The number of hydrogen-bond donors (Lipinski definition) is 3. The highest BCUT2D eigenvalue weighted by Gasteiger charge is 2.18. The molecule has 1 heterocycles. The third-order valence-corrected chi connectivity index (χ3v) is 3.34. The fourth-order valence-corrected chi connectivity index (χ4v) is 2.22. The number of nitrogens with one attached hydrogen (secondary N) is 2. The maximum absolute atomic E-state index is 12.3. The highest BCUT2D eigenvalue weighted by atomic mass is 16.5. The standard InChI is InChI=1S/C16H19N3O5/c1-3-24-11-6-4-5-10(7-11)13(20)9-19(2)15(22)12-8-14(21)18-16(23)17-12/h4-8,13,20H,3,9H2,1-2H3,(H2,17,18,21,23). The molecule has 0 saturated heterocycles. The van der Waals surface area contributed by atoms with Crippen molar-refractivity contribution in [1.82, 2.24) is 14.9 Å². The normalized spacial score (nSPS) is 11.8. The molecule has 8 heteroatoms. The molecule has 128 valence electrons. The number of ether oxygens (including phenoxy) is 1. The number of aromatic amines is 2. The van der Waals surface area contributed by atoms with E-state index >= 15 is 0 Å². The lowest BCUT2D eigenvalue weighted by atomic mass is 10.1. The van der Waals surface area contributed by atoms with Gasteiger partial charge in [-0.3, -0.25) is 14.6 Å². The molecule has 2 rings (SSSR count). The lowest BCUT2D eigenvalue weighted by Crippen LogP contribution is -2.34. The number of aliphatic hydroxyl groups excluding tert-OH is 1. The Labute approximate surface area is 137 Å². The number of hydrogen-bond acceptors (Lipinski definition) is 5. The molecule has 0 bridgehead atoms. The van der Waals surface area contributed by atoms with Gasteiger partial charge in [0.05, 0.1) is 19.3 Å². The van der Waals surface area contributed by atoms with E-state index in [4.69, 9.17) is 4.74 Å². The summed E-state index contributed by atoms with van der Waals surface area (Å²) in [5, 5.41) is 10.3. The van der Waals surface area contributed by atoms with Crippen LogP contribution >= 0.6 is 0 Å². The Morgan fingerprint density at radius 3 is 2.71 bits per heavy atom. The number of likely N-dealkylation sites (N-methyl/N-ethyl adjacent to an activating group) is 1. The first-order valence-electron chi connectivity index (χ1n) is 7.40. The van der Waals surface area contributed by atoms with Crippen LogP contribution in [0.25, 0.3) is 0 Å². The topological polar surface area (TPSA) is 115 Å². The van der Waals surface area contributed by atoms with Crippen LogP contribution in [-0.4, -0.2) is 46.1 Å². The number of rotatable bonds is 6. The molecular weight excluding hydrogens is 314 g/mol. The van der Waals surface area contributed by atoms with Crippen molar-refractivity contribution >= 4 is 5.91 Å². The van der Waals surface area contributed by atoms with Gasteiger partial charge in [-0.15, -0.1) is 0 Å². The number of aromatic nitrogens is 2. The van der Waals surface area contributed by atoms with E-state index in [-0.39, 0.29) is 12.2 Å². The highest BCUT2D eigenvalue weighted by Crippen LogP contribution is 2.20. The van der Waals surface area contributed by atoms with E-state index in [1.54, 1.807) is 24.3 Å². The molecule has 0 aliphatic carbocycles. The van der Waals surface area contributed by atoms with Crippen molar-refractivity contribution in [3.63, 3.8) is 0 Å². The number of aliphatic hydroxyl groups is 1. The molecule has 0 saturated carbocycles. The van der Waals surface area contributed by atoms with Crippen LogP contribution in [-0.2, 0) is 0 Å². The molecule has 1 atom stereocenters. The molecule has 0 spiro atoms. The van der Waals surface area contributed by atoms with Crippen molar-refractivity contribution in [1.29, 1.82) is 0 Å². The first kappa shape index (κ1) is 17.5. The smallest absolute Gasteiger partial charge is 0.326 e. The van der Waals surface area contributed by atoms with E-state index in [0.717, 1.165) is 6.07 Å². The second-order valence-corrected chi connectivity index (χ2v) is 5.21. The summed E-state index contributed by atoms with van der Waals surface area (Å²) in [5.41, 5.74) is -0.966. The Morgan fingerprint density at radius 2 is 2.04 bits per heavy atom. The van der Waals surface area contributed by atoms with Gasteiger partial charge >= 0.3 is 5.69 Å². The Kier molecular flexibility index (Phi) is 5.54. The Balaban J connectivity index is 2.11. The first-order chi connectivity index (χ1) is 11.4. The Morgan fingerprint density at radius 1 is 1.29 bits per heavy atom. The minimum absolute atomic E-state index is 0.0107. The van der Waals surface area contributed by atoms with Crippen LogP contribution in [0.1, 0.15) is 29.1 Å². The van der Waals surface area contributed by atoms with Gasteiger partial charge in [-0.2, -0.15) is 0 Å². The van der Waals surface area contributed by atoms with Crippen molar-refractivity contribution in [2.45, 2.75) is 13.0 Å². The molecule has 1 aromatic heterocycles. The summed E-state index contributed by atoms with van der Waals surface area (Å²) < 4.78 is 5.38. The predicted molar refractivity (Wildman–Crippen MR) is 87.2 cm³/mol. The minimum atomic E-state index is -0.937. The molecule has 1 unspecified atom stereocenters. The maximum atomic E-state index is 12.3. The molecule has 2 aromatic rings. The zero-order valence-corrected chi connectivity index (χ0v) is 13.4. The second-order valence-electron chi connectivity index (χ2n) is 5.21. The average Bonchev–Trinajstić information content (AvgIpc) is 2.53. The molecule has 1 amide bonds. The predicted octanol–water partition coefficient (Wildman–Crippen LogP) is 0.267. The number of nitrogens with zero attached hydrogens (tertiary/aromatic N) is 1. The highest BCUT2D eigenvalue weighted by molar-refractivity contribution is 5.91. The summed E-state index contributed by atoms with van der Waals surface area (Å²) in [4.78, 5) is 40.2. The zero-order chi connectivity index (χ0) is 17.7. The van der Waals surface area contributed by atoms with E-state index in [1.807, 2.05) is 11.9 Å². The van der Waals surface area contributed by atoms with Gasteiger partial charge in [0.15, 0.2) is 0 Å². The van der Waals surface area contributed by atoms with Gasteiger partial charge in [0.25, 0.3) is 11.5 Å². The summed E-state index contributed by atoms with van der Waals surface area (Å²) in [7, 11) is 1.47. The average molecular weight is 333 g/mol. The zero-order valence-electron chi connectivity index (χ0n) is 13.4. The van der Waals surface area contributed by atoms with Gasteiger partial charge in [0, 0.05) is 13.1 Å². The Hall–Kier alpha value is -2.87. The number of benzene rings is 1. The van der Waals surface area contributed by atoms with Crippen molar-refractivity contribution in [2.75, 3.05) is 20.2 Å². The fourth-order valence-electron chi connectivity index (χ4n) is 2.22. The quantitative estimate of drug-likeness (QED) is 0.702. The molecule has 8 nitrogen and oxygen atoms in total. The van der Waals surface area contributed by atoms with E-state index < -0.39 is 23.3 Å². The minimum Gasteiger partial charge on any atom is -0.494 e. The van der Waals surface area contributed by atoms with Crippen LogP contribution in [0.3, 0.4) is 0 Å². The van der Waals surface area contributed by atoms with Crippen molar-refractivity contribution in [3.05, 3.63) is 62.4 Å². The van der Waals surface area contributed by atoms with Crippen LogP contribution in [0.2, 0.25) is 0 Å². The summed E-state index contributed by atoms with van der Waals surface area (Å²) in [5.74, 6) is 0.0557. The monoisotopic (exact) mass is 333 g/mol. The maximum Gasteiger partial charge on any atom is 0.326 e. The molecule has 0 aliphatic rings. The van der Waals surface area contributed by atoms with E-state index in [2.05, 4.69) is 4.98 Å². The lowest BCUT2D eigenvalue weighted by Gasteiger charge is -2.21. The van der Waals surface area contributed by atoms with E-state index in [1.165, 1.54) is 11.9 Å². The summed E-state index contributed by atoms with van der Waals surface area (Å²) >= 11 is 0. The molecular formula is C16H19N3O5. The third kappa shape index (κ3) is 4.32. The van der Waals surface area contributed by atoms with Gasteiger partial charge in [0.1, 0.15) is 11.4 Å². The first-order valence-corrected chi connectivity index (χ1v) is 7.40. The van der Waals surface area contributed by atoms with E-state index in [9.17, 15) is 19.5 Å². The van der Waals surface area contributed by atoms with Gasteiger partial charge in [-0.25, -0.2) is 4.79 Å². The van der Waals surface area contributed by atoms with E-state index in [0.29, 0.717) is 17.9 Å². The Bertz CT molecular complexity index is 798. The van der Waals surface area contributed by atoms with Gasteiger partial charge in [0.2, 0.25) is 0 Å². The lowest BCUT2D eigenvalue weighted by molar-refractivity contribution is 0.0674. The molecule has 0 aliphatic heterocycles. The number of amides is 1. The SMILES string of the molecule is CCOc1cccc(C(O)CN(C)C(=O)c2cc(=O)[nH]c(=O)[nH]2)c1. The number of carbonyl (C=O) groups excluding carboxylic acids is 1. The number of H-pyrrole nitrogens is 2. The fraction of sp³-hybridized carbons (Fsp3) is 0.312. The van der Waals surface area contributed by atoms with Crippen LogP contribution in [0.15, 0.2) is 39.9 Å². The molecule has 0 radical (unpaired) electrons.